The lowest BCUT2D eigenvalue weighted by atomic mass is 10.1. The molecule has 0 spiro atoms. The molecule has 6 nitrogen and oxygen atoms in total. The average Bonchev–Trinajstić information content (AvgIpc) is 2.38. The van der Waals surface area contributed by atoms with Gasteiger partial charge in [-0.1, -0.05) is 23.7 Å². The van der Waals surface area contributed by atoms with Crippen LogP contribution in [0.1, 0.15) is 0 Å². The van der Waals surface area contributed by atoms with E-state index in [9.17, 15) is 10.1 Å². The van der Waals surface area contributed by atoms with Crippen molar-refractivity contribution < 1.29 is 9.66 Å². The van der Waals surface area contributed by atoms with Gasteiger partial charge in [-0.25, -0.2) is 9.97 Å². The van der Waals surface area contributed by atoms with E-state index in [1.807, 2.05) is 0 Å². The number of aromatic nitrogens is 2. The lowest BCUT2D eigenvalue weighted by Gasteiger charge is -2.07. The van der Waals surface area contributed by atoms with Gasteiger partial charge in [-0.15, -0.1) is 0 Å². The molecular weight excluding hydrogens is 258 g/mol. The zero-order chi connectivity index (χ0) is 13.1. The highest BCUT2D eigenvalue weighted by atomic mass is 35.5. The van der Waals surface area contributed by atoms with Crippen molar-refractivity contribution >= 4 is 17.3 Å². The Morgan fingerprint density at radius 1 is 1.39 bits per heavy atom. The van der Waals surface area contributed by atoms with Gasteiger partial charge >= 0.3 is 0 Å². The highest BCUT2D eigenvalue weighted by Gasteiger charge is 2.14. The average molecular weight is 266 g/mol. The van der Waals surface area contributed by atoms with E-state index in [1.165, 1.54) is 25.6 Å². The summed E-state index contributed by atoms with van der Waals surface area (Å²) < 4.78 is 5.10. The first-order chi connectivity index (χ1) is 8.63. The van der Waals surface area contributed by atoms with Gasteiger partial charge in [-0.05, 0) is 0 Å². The maximum Gasteiger partial charge on any atom is 0.270 e. The smallest absolute Gasteiger partial charge is 0.270 e. The summed E-state index contributed by atoms with van der Waals surface area (Å²) in [5.74, 6) is 0.291. The number of nitrogens with zero attached hydrogens (tertiary/aromatic N) is 3. The topological polar surface area (TPSA) is 78.2 Å². The quantitative estimate of drug-likeness (QED) is 0.484. The lowest BCUT2D eigenvalue weighted by Crippen LogP contribution is -1.95. The number of rotatable bonds is 3. The molecule has 0 saturated heterocycles. The molecule has 0 aliphatic heterocycles. The summed E-state index contributed by atoms with van der Waals surface area (Å²) in [5.41, 5.74) is 0.941. The third kappa shape index (κ3) is 2.23. The lowest BCUT2D eigenvalue weighted by molar-refractivity contribution is -0.384. The van der Waals surface area contributed by atoms with Crippen LogP contribution in [0.15, 0.2) is 30.6 Å². The van der Waals surface area contributed by atoms with Crippen molar-refractivity contribution in [3.8, 4) is 17.0 Å². The Bertz CT molecular complexity index is 604. The fourth-order valence-electron chi connectivity index (χ4n) is 1.51. The van der Waals surface area contributed by atoms with E-state index in [4.69, 9.17) is 16.3 Å². The summed E-state index contributed by atoms with van der Waals surface area (Å²) in [6, 6.07) is 6.07. The minimum Gasteiger partial charge on any atom is -0.491 e. The van der Waals surface area contributed by atoms with Gasteiger partial charge in [-0.2, -0.15) is 0 Å². The molecule has 7 heteroatoms. The van der Waals surface area contributed by atoms with Crippen molar-refractivity contribution in [2.24, 2.45) is 0 Å². The molecule has 1 aromatic heterocycles. The summed E-state index contributed by atoms with van der Waals surface area (Å²) in [6.07, 6.45) is 1.28. The van der Waals surface area contributed by atoms with E-state index in [2.05, 4.69) is 9.97 Å². The minimum absolute atomic E-state index is 0.0238. The van der Waals surface area contributed by atoms with Crippen molar-refractivity contribution in [3.05, 3.63) is 45.9 Å². The predicted molar refractivity (Wildman–Crippen MR) is 65.7 cm³/mol. The molecule has 0 amide bonds. The molecule has 92 valence electrons. The summed E-state index contributed by atoms with van der Waals surface area (Å²) in [4.78, 5) is 18.1. The first-order valence-electron chi connectivity index (χ1n) is 4.93. The number of methoxy groups -OCH3 is 1. The summed E-state index contributed by atoms with van der Waals surface area (Å²) in [5, 5.41) is 10.9. The van der Waals surface area contributed by atoms with Gasteiger partial charge in [0.25, 0.3) is 5.69 Å². The molecule has 0 saturated carbocycles. The normalized spacial score (nSPS) is 10.1. The summed E-state index contributed by atoms with van der Waals surface area (Å²) >= 11 is 5.87. The fraction of sp³-hybridized carbons (Fsp3) is 0.0909. The van der Waals surface area contributed by atoms with Crippen LogP contribution in [0.5, 0.6) is 5.75 Å². The standard InChI is InChI=1S/C11H8ClN3O3/c1-18-10-9(13-6-14-11(10)12)7-3-2-4-8(5-7)15(16)17/h2-6H,1H3. The van der Waals surface area contributed by atoms with Gasteiger partial charge in [0.1, 0.15) is 12.0 Å². The van der Waals surface area contributed by atoms with Crippen LogP contribution in [-0.4, -0.2) is 22.0 Å². The third-order valence-electron chi connectivity index (χ3n) is 2.29. The molecule has 2 rings (SSSR count). The van der Waals surface area contributed by atoms with E-state index in [-0.39, 0.29) is 10.8 Å². The number of hydrogen-bond acceptors (Lipinski definition) is 5. The number of halogens is 1. The number of benzene rings is 1. The van der Waals surface area contributed by atoms with Gasteiger partial charge in [-0.3, -0.25) is 10.1 Å². The number of nitro benzene ring substituents is 1. The maximum atomic E-state index is 10.7. The number of hydrogen-bond donors (Lipinski definition) is 0. The van der Waals surface area contributed by atoms with E-state index < -0.39 is 4.92 Å². The van der Waals surface area contributed by atoms with E-state index in [1.54, 1.807) is 12.1 Å². The summed E-state index contributed by atoms with van der Waals surface area (Å²) in [7, 11) is 1.44. The maximum absolute atomic E-state index is 10.7. The molecule has 0 aliphatic carbocycles. The molecule has 0 aliphatic rings. The molecule has 0 fully saturated rings. The Labute approximate surface area is 107 Å². The molecule has 1 aromatic carbocycles. The zero-order valence-corrected chi connectivity index (χ0v) is 10.1. The van der Waals surface area contributed by atoms with Crippen molar-refractivity contribution in [3.63, 3.8) is 0 Å². The van der Waals surface area contributed by atoms with Crippen LogP contribution >= 0.6 is 11.6 Å². The highest BCUT2D eigenvalue weighted by molar-refractivity contribution is 6.31. The van der Waals surface area contributed by atoms with Crippen molar-refractivity contribution in [1.82, 2.24) is 9.97 Å². The van der Waals surface area contributed by atoms with Crippen LogP contribution in [0.25, 0.3) is 11.3 Å². The molecule has 0 radical (unpaired) electrons. The van der Waals surface area contributed by atoms with Gasteiger partial charge in [0.2, 0.25) is 0 Å². The van der Waals surface area contributed by atoms with Crippen LogP contribution in [0, 0.1) is 10.1 Å². The second-order valence-corrected chi connectivity index (χ2v) is 3.71. The molecule has 1 heterocycles. The van der Waals surface area contributed by atoms with Gasteiger partial charge < -0.3 is 4.74 Å². The first kappa shape index (κ1) is 12.3. The Kier molecular flexibility index (Phi) is 3.38. The van der Waals surface area contributed by atoms with E-state index in [0.717, 1.165) is 0 Å². The van der Waals surface area contributed by atoms with Crippen LogP contribution in [-0.2, 0) is 0 Å². The molecule has 18 heavy (non-hydrogen) atoms. The van der Waals surface area contributed by atoms with Crippen molar-refractivity contribution in [2.75, 3.05) is 7.11 Å². The molecule has 0 unspecified atom stereocenters. The number of ether oxygens (including phenoxy) is 1. The van der Waals surface area contributed by atoms with Gasteiger partial charge in [0.05, 0.1) is 12.0 Å². The summed E-state index contributed by atoms with van der Waals surface area (Å²) in [6.45, 7) is 0. The molecule has 0 N–H and O–H groups in total. The molecule has 0 atom stereocenters. The minimum atomic E-state index is -0.473. The van der Waals surface area contributed by atoms with Crippen LogP contribution < -0.4 is 4.74 Å². The van der Waals surface area contributed by atoms with Crippen molar-refractivity contribution in [2.45, 2.75) is 0 Å². The van der Waals surface area contributed by atoms with Crippen LogP contribution in [0.2, 0.25) is 5.15 Å². The SMILES string of the molecule is COc1c(Cl)ncnc1-c1cccc([N+](=O)[O-])c1. The van der Waals surface area contributed by atoms with Gasteiger partial charge in [0, 0.05) is 17.7 Å². The Morgan fingerprint density at radius 3 is 2.83 bits per heavy atom. The Morgan fingerprint density at radius 2 is 2.17 bits per heavy atom. The molecular formula is C11H8ClN3O3. The monoisotopic (exact) mass is 265 g/mol. The van der Waals surface area contributed by atoms with Crippen molar-refractivity contribution in [1.29, 1.82) is 0 Å². The Balaban J connectivity index is 2.58. The van der Waals surface area contributed by atoms with Crippen LogP contribution in [0.3, 0.4) is 0 Å². The highest BCUT2D eigenvalue weighted by Crippen LogP contribution is 2.33. The fourth-order valence-corrected chi connectivity index (χ4v) is 1.72. The van der Waals surface area contributed by atoms with Gasteiger partial charge in [0.15, 0.2) is 10.9 Å². The van der Waals surface area contributed by atoms with E-state index >= 15 is 0 Å². The van der Waals surface area contributed by atoms with E-state index in [0.29, 0.717) is 17.0 Å². The Hall–Kier alpha value is -2.21. The molecule has 2 aromatic rings. The third-order valence-corrected chi connectivity index (χ3v) is 2.56. The van der Waals surface area contributed by atoms with Crippen LogP contribution in [0.4, 0.5) is 5.69 Å². The zero-order valence-electron chi connectivity index (χ0n) is 9.33. The second kappa shape index (κ2) is 4.97. The largest absolute Gasteiger partial charge is 0.491 e. The first-order valence-corrected chi connectivity index (χ1v) is 5.30. The number of nitro groups is 1. The molecule has 0 bridgehead atoms. The second-order valence-electron chi connectivity index (χ2n) is 3.35. The predicted octanol–water partition coefficient (Wildman–Crippen LogP) is 2.71. The number of non-ortho nitro benzene ring substituents is 1.